The van der Waals surface area contributed by atoms with E-state index in [1.165, 1.54) is 0 Å². The smallest absolute Gasteiger partial charge is 0.136 e. The van der Waals surface area contributed by atoms with Crippen LogP contribution in [-0.2, 0) is 9.59 Å². The SMILES string of the molecule is CC(N)C=O.CNC(C)C=O. The van der Waals surface area contributed by atoms with E-state index < -0.39 is 0 Å². The number of likely N-dealkylation sites (N-methyl/N-ethyl adjacent to an activating group) is 1. The minimum absolute atomic E-state index is 0.00463. The molecule has 2 unspecified atom stereocenters. The number of nitrogens with one attached hydrogen (secondary N) is 1. The van der Waals surface area contributed by atoms with E-state index in [0.29, 0.717) is 6.29 Å². The minimum Gasteiger partial charge on any atom is -0.322 e. The Bertz CT molecular complexity index is 105. The van der Waals surface area contributed by atoms with E-state index in [2.05, 4.69) is 5.32 Å². The van der Waals surface area contributed by atoms with Crippen molar-refractivity contribution in [3.8, 4) is 0 Å². The topological polar surface area (TPSA) is 72.2 Å². The molecule has 11 heavy (non-hydrogen) atoms. The molecule has 0 spiro atoms. The van der Waals surface area contributed by atoms with Crippen molar-refractivity contribution in [3.05, 3.63) is 0 Å². The second kappa shape index (κ2) is 9.26. The van der Waals surface area contributed by atoms with Gasteiger partial charge in [0.25, 0.3) is 0 Å². The summed E-state index contributed by atoms with van der Waals surface area (Å²) < 4.78 is 0. The zero-order valence-electron chi connectivity index (χ0n) is 7.20. The monoisotopic (exact) mass is 160 g/mol. The van der Waals surface area contributed by atoms with Crippen LogP contribution in [0.15, 0.2) is 0 Å². The Hall–Kier alpha value is -0.740. The van der Waals surface area contributed by atoms with Gasteiger partial charge in [0.15, 0.2) is 0 Å². The molecule has 0 aliphatic heterocycles. The standard InChI is InChI=1S/C4H9NO.C3H7NO/c1-4(3-6)5-2;1-3(4)2-5/h3-5H,1-2H3;2-3H,4H2,1H3. The fourth-order valence-electron chi connectivity index (χ4n) is 0.0680. The van der Waals surface area contributed by atoms with Gasteiger partial charge in [0, 0.05) is 0 Å². The molecule has 0 saturated heterocycles. The van der Waals surface area contributed by atoms with E-state index in [1.54, 1.807) is 20.9 Å². The van der Waals surface area contributed by atoms with Gasteiger partial charge in [-0.3, -0.25) is 0 Å². The Morgan fingerprint density at radius 3 is 1.64 bits per heavy atom. The predicted molar refractivity (Wildman–Crippen MR) is 44.3 cm³/mol. The van der Waals surface area contributed by atoms with E-state index >= 15 is 0 Å². The van der Waals surface area contributed by atoms with Gasteiger partial charge in [-0.15, -0.1) is 0 Å². The summed E-state index contributed by atoms with van der Waals surface area (Å²) in [7, 11) is 1.75. The van der Waals surface area contributed by atoms with Crippen molar-refractivity contribution < 1.29 is 9.59 Å². The van der Waals surface area contributed by atoms with Crippen LogP contribution in [0.3, 0.4) is 0 Å². The highest BCUT2D eigenvalue weighted by atomic mass is 16.1. The summed E-state index contributed by atoms with van der Waals surface area (Å²) in [5.74, 6) is 0. The van der Waals surface area contributed by atoms with Gasteiger partial charge < -0.3 is 20.6 Å². The highest BCUT2D eigenvalue weighted by Crippen LogP contribution is 1.64. The van der Waals surface area contributed by atoms with Gasteiger partial charge >= 0.3 is 0 Å². The van der Waals surface area contributed by atoms with Crippen LogP contribution in [0.25, 0.3) is 0 Å². The summed E-state index contributed by atoms with van der Waals surface area (Å²) in [5, 5.41) is 2.75. The third-order valence-corrected chi connectivity index (χ3v) is 0.874. The van der Waals surface area contributed by atoms with Crippen LogP contribution in [0.5, 0.6) is 0 Å². The van der Waals surface area contributed by atoms with Gasteiger partial charge in [-0.25, -0.2) is 0 Å². The molecule has 4 nitrogen and oxygen atoms in total. The number of hydrogen-bond donors (Lipinski definition) is 2. The van der Waals surface area contributed by atoms with Gasteiger partial charge in [-0.1, -0.05) is 0 Å². The normalized spacial score (nSPS) is 13.8. The summed E-state index contributed by atoms with van der Waals surface area (Å²) in [6, 6.07) is -0.292. The van der Waals surface area contributed by atoms with Crippen molar-refractivity contribution in [2.45, 2.75) is 25.9 Å². The molecule has 0 radical (unpaired) electrons. The molecule has 0 bridgehead atoms. The Morgan fingerprint density at radius 2 is 1.64 bits per heavy atom. The maximum Gasteiger partial charge on any atom is 0.136 e. The molecule has 2 atom stereocenters. The lowest BCUT2D eigenvalue weighted by Crippen LogP contribution is -2.21. The van der Waals surface area contributed by atoms with Crippen LogP contribution >= 0.6 is 0 Å². The first-order valence-corrected chi connectivity index (χ1v) is 3.41. The van der Waals surface area contributed by atoms with Crippen LogP contribution in [-0.4, -0.2) is 31.7 Å². The Labute approximate surface area is 67.1 Å². The molecule has 0 saturated carbocycles. The summed E-state index contributed by atoms with van der Waals surface area (Å²) in [6.07, 6.45) is 1.56. The Kier molecular flexibility index (Phi) is 10.9. The van der Waals surface area contributed by atoms with E-state index in [0.717, 1.165) is 6.29 Å². The lowest BCUT2D eigenvalue weighted by atomic mass is 10.4. The first-order chi connectivity index (χ1) is 5.08. The van der Waals surface area contributed by atoms with Crippen LogP contribution in [0.2, 0.25) is 0 Å². The third kappa shape index (κ3) is 17.6. The molecule has 0 aromatic carbocycles. The molecule has 0 aliphatic rings. The molecule has 0 heterocycles. The summed E-state index contributed by atoms with van der Waals surface area (Å²) in [5.41, 5.74) is 4.92. The zero-order valence-corrected chi connectivity index (χ0v) is 7.20. The van der Waals surface area contributed by atoms with Crippen LogP contribution in [0, 0.1) is 0 Å². The molecule has 0 aromatic rings. The molecule has 0 aromatic heterocycles. The number of hydrogen-bond acceptors (Lipinski definition) is 4. The summed E-state index contributed by atoms with van der Waals surface area (Å²) in [4.78, 5) is 19.1. The maximum atomic E-state index is 9.67. The van der Waals surface area contributed by atoms with E-state index in [9.17, 15) is 9.59 Å². The first-order valence-electron chi connectivity index (χ1n) is 3.41. The largest absolute Gasteiger partial charge is 0.322 e. The predicted octanol–water partition coefficient (Wildman–Crippen LogP) is -0.674. The number of carbonyl (C=O) groups is 2. The van der Waals surface area contributed by atoms with Gasteiger partial charge in [-0.2, -0.15) is 0 Å². The molecule has 0 aliphatic carbocycles. The van der Waals surface area contributed by atoms with Gasteiger partial charge in [0.2, 0.25) is 0 Å². The fraction of sp³-hybridized carbons (Fsp3) is 0.714. The van der Waals surface area contributed by atoms with Gasteiger partial charge in [0.1, 0.15) is 12.6 Å². The van der Waals surface area contributed by atoms with Crippen molar-refractivity contribution in [2.24, 2.45) is 5.73 Å². The third-order valence-electron chi connectivity index (χ3n) is 0.874. The van der Waals surface area contributed by atoms with Gasteiger partial charge in [-0.05, 0) is 20.9 Å². The maximum absolute atomic E-state index is 9.67. The minimum atomic E-state index is -0.296. The molecule has 3 N–H and O–H groups in total. The molecule has 0 rings (SSSR count). The van der Waals surface area contributed by atoms with Crippen molar-refractivity contribution in [1.29, 1.82) is 0 Å². The summed E-state index contributed by atoms with van der Waals surface area (Å²) >= 11 is 0. The Morgan fingerprint density at radius 1 is 1.27 bits per heavy atom. The number of aldehydes is 2. The number of nitrogens with two attached hydrogens (primary N) is 1. The zero-order chi connectivity index (χ0) is 9.28. The van der Waals surface area contributed by atoms with Gasteiger partial charge in [0.05, 0.1) is 12.1 Å². The lowest BCUT2D eigenvalue weighted by molar-refractivity contribution is -0.109. The van der Waals surface area contributed by atoms with Crippen molar-refractivity contribution in [2.75, 3.05) is 7.05 Å². The average molecular weight is 160 g/mol. The van der Waals surface area contributed by atoms with Crippen molar-refractivity contribution in [3.63, 3.8) is 0 Å². The second-order valence-electron chi connectivity index (χ2n) is 2.21. The quantitative estimate of drug-likeness (QED) is 0.537. The number of rotatable bonds is 3. The average Bonchev–Trinajstić information content (AvgIpc) is 2.04. The second-order valence-corrected chi connectivity index (χ2v) is 2.21. The van der Waals surface area contributed by atoms with E-state index in [4.69, 9.17) is 5.73 Å². The highest BCUT2D eigenvalue weighted by molar-refractivity contribution is 5.56. The molecular formula is C7H16N2O2. The lowest BCUT2D eigenvalue weighted by Gasteiger charge is -1.94. The van der Waals surface area contributed by atoms with Crippen LogP contribution < -0.4 is 11.1 Å². The molecule has 66 valence electrons. The summed E-state index contributed by atoms with van der Waals surface area (Å²) in [6.45, 7) is 3.43. The Balaban J connectivity index is 0. The first kappa shape index (κ1) is 12.9. The molecular weight excluding hydrogens is 144 g/mol. The fourth-order valence-corrected chi connectivity index (χ4v) is 0.0680. The molecule has 4 heteroatoms. The van der Waals surface area contributed by atoms with E-state index in [1.807, 2.05) is 0 Å². The molecule has 0 amide bonds. The highest BCUT2D eigenvalue weighted by Gasteiger charge is 1.86. The molecule has 0 fully saturated rings. The van der Waals surface area contributed by atoms with Crippen LogP contribution in [0.4, 0.5) is 0 Å². The van der Waals surface area contributed by atoms with E-state index in [-0.39, 0.29) is 12.1 Å². The van der Waals surface area contributed by atoms with Crippen molar-refractivity contribution in [1.82, 2.24) is 5.32 Å². The van der Waals surface area contributed by atoms with Crippen molar-refractivity contribution >= 4 is 12.6 Å². The van der Waals surface area contributed by atoms with Crippen LogP contribution in [0.1, 0.15) is 13.8 Å². The number of carbonyl (C=O) groups excluding carboxylic acids is 2.